The maximum atomic E-state index is 10.6. The van der Waals surface area contributed by atoms with E-state index in [1.165, 1.54) is 0 Å². The average Bonchev–Trinajstić information content (AvgIpc) is 2.99. The molecule has 4 saturated heterocycles. The topological polar surface area (TPSA) is 265 Å². The zero-order chi connectivity index (χ0) is 30.4. The fourth-order valence-electron chi connectivity index (χ4n) is 5.15. The van der Waals surface area contributed by atoms with E-state index < -0.39 is 112 Å². The van der Waals surface area contributed by atoms with Crippen LogP contribution in [-0.2, 0) is 42.6 Å². The van der Waals surface area contributed by atoms with Gasteiger partial charge < -0.3 is 88.6 Å². The molecule has 4 aliphatic rings. The van der Waals surface area contributed by atoms with Crippen molar-refractivity contribution >= 4 is 0 Å². The summed E-state index contributed by atoms with van der Waals surface area (Å²) in [4.78, 5) is 0. The van der Waals surface area contributed by atoms with Gasteiger partial charge in [0.15, 0.2) is 18.9 Å². The molecule has 0 radical (unpaired) electrons. The fraction of sp³-hybridized carbons (Fsp3) is 1.00. The van der Waals surface area contributed by atoms with E-state index in [1.807, 2.05) is 0 Å². The number of aliphatic hydroxyl groups excluding tert-OH is 9. The Kier molecular flexibility index (Phi) is 13.0. The highest BCUT2D eigenvalue weighted by molar-refractivity contribution is 4.92. The molecular formula is C24H42O18. The Morgan fingerprint density at radius 3 is 0.833 bits per heavy atom. The summed E-state index contributed by atoms with van der Waals surface area (Å²) in [5.74, 6) is 0. The smallest absolute Gasteiger partial charge is 0.187 e. The van der Waals surface area contributed by atoms with Crippen molar-refractivity contribution < 1.29 is 88.6 Å². The molecule has 0 spiro atoms. The Hall–Kier alpha value is -0.720. The standard InChI is InChI=1S/C24H42O18/c25-7-10-13(28)16(31)19-22(40-10)38-5-2-36-21-18(33)15(30)12(9-27)42-24(21)39-6-3-35-20-17(32)14(29)11(8-26)41-23(20)37-4-1-34-19/h10-33H,1-9H2/t10-,11-,12-,13-,14-,15-,16+,17+,18+,19-,20-,21-,22-,23-,24-/m1/s1. The molecule has 18 nitrogen and oxygen atoms in total. The first kappa shape index (κ1) is 34.2. The van der Waals surface area contributed by atoms with E-state index in [0.29, 0.717) is 0 Å². The van der Waals surface area contributed by atoms with E-state index in [4.69, 9.17) is 42.6 Å². The van der Waals surface area contributed by atoms with E-state index >= 15 is 0 Å². The molecule has 0 aromatic rings. The molecule has 4 rings (SSSR count). The number of aliphatic hydroxyl groups is 9. The van der Waals surface area contributed by atoms with Gasteiger partial charge in [-0.1, -0.05) is 0 Å². The van der Waals surface area contributed by atoms with Crippen molar-refractivity contribution in [3.8, 4) is 0 Å². The van der Waals surface area contributed by atoms with Gasteiger partial charge in [-0.2, -0.15) is 0 Å². The van der Waals surface area contributed by atoms with Crippen LogP contribution in [0.1, 0.15) is 0 Å². The largest absolute Gasteiger partial charge is 0.394 e. The Bertz CT molecular complexity index is 695. The predicted octanol–water partition coefficient (Wildman–Crippen LogP) is -6.48. The Labute approximate surface area is 240 Å². The second-order valence-electron chi connectivity index (χ2n) is 10.2. The fourth-order valence-corrected chi connectivity index (χ4v) is 5.15. The van der Waals surface area contributed by atoms with Gasteiger partial charge in [-0.15, -0.1) is 0 Å². The average molecular weight is 619 g/mol. The van der Waals surface area contributed by atoms with Crippen molar-refractivity contribution in [2.75, 3.05) is 59.5 Å². The number of ether oxygens (including phenoxy) is 9. The summed E-state index contributed by atoms with van der Waals surface area (Å²) < 4.78 is 50.8. The quantitative estimate of drug-likeness (QED) is 0.142. The summed E-state index contributed by atoms with van der Waals surface area (Å²) in [6.07, 6.45) is -20.3. The normalized spacial score (nSPS) is 48.6. The lowest BCUT2D eigenvalue weighted by atomic mass is 9.99. The summed E-state index contributed by atoms with van der Waals surface area (Å²) in [5, 5.41) is 91.6. The molecule has 15 atom stereocenters. The lowest BCUT2D eigenvalue weighted by Crippen LogP contribution is -2.61. The van der Waals surface area contributed by atoms with Crippen LogP contribution in [0.25, 0.3) is 0 Å². The summed E-state index contributed by atoms with van der Waals surface area (Å²) in [7, 11) is 0. The van der Waals surface area contributed by atoms with Gasteiger partial charge in [-0.05, 0) is 0 Å². The number of rotatable bonds is 3. The summed E-state index contributed by atoms with van der Waals surface area (Å²) >= 11 is 0. The minimum atomic E-state index is -1.54. The number of hydrogen-bond donors (Lipinski definition) is 9. The van der Waals surface area contributed by atoms with E-state index in [-0.39, 0.29) is 39.6 Å². The van der Waals surface area contributed by atoms with E-state index in [0.717, 1.165) is 0 Å². The van der Waals surface area contributed by atoms with Gasteiger partial charge in [0.1, 0.15) is 73.2 Å². The molecule has 0 aromatic heterocycles. The van der Waals surface area contributed by atoms with E-state index in [1.54, 1.807) is 0 Å². The van der Waals surface area contributed by atoms with Crippen molar-refractivity contribution in [1.82, 2.24) is 0 Å². The zero-order valence-corrected chi connectivity index (χ0v) is 22.7. The molecule has 4 heterocycles. The molecule has 9 N–H and O–H groups in total. The molecule has 0 saturated carbocycles. The van der Waals surface area contributed by atoms with Gasteiger partial charge in [-0.25, -0.2) is 0 Å². The van der Waals surface area contributed by atoms with Gasteiger partial charge in [0, 0.05) is 0 Å². The highest BCUT2D eigenvalue weighted by Gasteiger charge is 2.49. The van der Waals surface area contributed by atoms with Crippen LogP contribution < -0.4 is 0 Å². The molecule has 0 aliphatic carbocycles. The Balaban J connectivity index is 1.52. The first-order valence-electron chi connectivity index (χ1n) is 13.8. The molecule has 18 heteroatoms. The van der Waals surface area contributed by atoms with Gasteiger partial charge in [0.25, 0.3) is 0 Å². The van der Waals surface area contributed by atoms with Crippen molar-refractivity contribution in [2.45, 2.75) is 92.1 Å². The second-order valence-corrected chi connectivity index (χ2v) is 10.2. The molecule has 42 heavy (non-hydrogen) atoms. The van der Waals surface area contributed by atoms with Crippen LogP contribution >= 0.6 is 0 Å². The lowest BCUT2D eigenvalue weighted by Gasteiger charge is -2.43. The minimum absolute atomic E-state index is 0.194. The zero-order valence-electron chi connectivity index (χ0n) is 22.7. The second kappa shape index (κ2) is 16.0. The first-order valence-corrected chi connectivity index (χ1v) is 13.8. The molecule has 4 aliphatic heterocycles. The summed E-state index contributed by atoms with van der Waals surface area (Å²) in [5.41, 5.74) is 0. The molecular weight excluding hydrogens is 576 g/mol. The van der Waals surface area contributed by atoms with Crippen LogP contribution in [0.5, 0.6) is 0 Å². The van der Waals surface area contributed by atoms with E-state index in [9.17, 15) is 46.0 Å². The molecule has 0 unspecified atom stereocenters. The van der Waals surface area contributed by atoms with Crippen molar-refractivity contribution in [3.63, 3.8) is 0 Å². The van der Waals surface area contributed by atoms with Crippen LogP contribution in [-0.4, -0.2) is 198 Å². The molecule has 0 bridgehead atoms. The maximum Gasteiger partial charge on any atom is 0.187 e. The van der Waals surface area contributed by atoms with Crippen molar-refractivity contribution in [3.05, 3.63) is 0 Å². The number of fused-ring (bicyclic) bond motifs is 3. The van der Waals surface area contributed by atoms with Gasteiger partial charge >= 0.3 is 0 Å². The molecule has 4 fully saturated rings. The first-order chi connectivity index (χ1) is 20.2. The van der Waals surface area contributed by atoms with Crippen LogP contribution in [0.3, 0.4) is 0 Å². The molecule has 246 valence electrons. The predicted molar refractivity (Wildman–Crippen MR) is 130 cm³/mol. The van der Waals surface area contributed by atoms with Crippen LogP contribution in [0.4, 0.5) is 0 Å². The minimum Gasteiger partial charge on any atom is -0.394 e. The van der Waals surface area contributed by atoms with Crippen molar-refractivity contribution in [1.29, 1.82) is 0 Å². The molecule has 0 aromatic carbocycles. The Morgan fingerprint density at radius 1 is 0.357 bits per heavy atom. The van der Waals surface area contributed by atoms with Crippen LogP contribution in [0.15, 0.2) is 0 Å². The lowest BCUT2D eigenvalue weighted by molar-refractivity contribution is -0.334. The van der Waals surface area contributed by atoms with E-state index in [2.05, 4.69) is 0 Å². The van der Waals surface area contributed by atoms with Gasteiger partial charge in [0.2, 0.25) is 0 Å². The SMILES string of the molecule is OC[C@H]1O[C@H]2OCCO[C@H]3[C@H](OCCO[C@H]4[C@H](OCCO[C@@H]2[C@@H](O)[C@@H]1O)O[C@H](CO)[C@@H](O)[C@@H]4O)O[C@H](CO)[C@@H](O)[C@@H]3O. The number of hydrogen-bond acceptors (Lipinski definition) is 18. The highest BCUT2D eigenvalue weighted by atomic mass is 16.7. The Morgan fingerprint density at radius 2 is 0.595 bits per heavy atom. The maximum absolute atomic E-state index is 10.6. The van der Waals surface area contributed by atoms with Gasteiger partial charge in [-0.3, -0.25) is 0 Å². The third kappa shape index (κ3) is 7.73. The van der Waals surface area contributed by atoms with Crippen molar-refractivity contribution in [2.24, 2.45) is 0 Å². The third-order valence-electron chi connectivity index (χ3n) is 7.50. The summed E-state index contributed by atoms with van der Waals surface area (Å²) in [6.45, 7) is -3.06. The van der Waals surface area contributed by atoms with Gasteiger partial charge in [0.05, 0.1) is 59.5 Å². The molecule has 0 amide bonds. The highest BCUT2D eigenvalue weighted by Crippen LogP contribution is 2.28. The summed E-state index contributed by atoms with van der Waals surface area (Å²) in [6, 6.07) is 0. The van der Waals surface area contributed by atoms with Crippen LogP contribution in [0, 0.1) is 0 Å². The third-order valence-corrected chi connectivity index (χ3v) is 7.50. The van der Waals surface area contributed by atoms with Crippen LogP contribution in [0.2, 0.25) is 0 Å². The monoisotopic (exact) mass is 618 g/mol.